The van der Waals surface area contributed by atoms with Crippen LogP contribution in [0.25, 0.3) is 10.2 Å². The molecule has 0 atom stereocenters. The fraction of sp³-hybridized carbons (Fsp3) is 0.375. The average Bonchev–Trinajstić information content (AvgIpc) is 3.29. The number of hydrogen-bond acceptors (Lipinski definition) is 8. The fourth-order valence-electron chi connectivity index (χ4n) is 3.05. The van der Waals surface area contributed by atoms with E-state index in [2.05, 4.69) is 20.0 Å². The summed E-state index contributed by atoms with van der Waals surface area (Å²) in [6.45, 7) is 2.65. The molecule has 11 heteroatoms. The number of thiazole rings is 1. The Labute approximate surface area is 160 Å². The molecule has 0 saturated carbocycles. The third-order valence-electron chi connectivity index (χ3n) is 4.44. The number of carbonyl (C=O) groups excluding carboxylic acids is 1. The Kier molecular flexibility index (Phi) is 4.56. The second kappa shape index (κ2) is 6.89. The second-order valence-corrected chi connectivity index (χ2v) is 9.33. The highest BCUT2D eigenvalue weighted by Crippen LogP contribution is 2.32. The van der Waals surface area contributed by atoms with Gasteiger partial charge in [-0.05, 0) is 12.1 Å². The van der Waals surface area contributed by atoms with Gasteiger partial charge in [0.25, 0.3) is 0 Å². The number of piperazine rings is 1. The molecule has 9 nitrogen and oxygen atoms in total. The van der Waals surface area contributed by atoms with Crippen LogP contribution in [-0.2, 0) is 21.2 Å². The summed E-state index contributed by atoms with van der Waals surface area (Å²) in [7, 11) is -3.33. The minimum absolute atomic E-state index is 0.00353. The Morgan fingerprint density at radius 2 is 2.00 bits per heavy atom. The zero-order valence-electron chi connectivity index (χ0n) is 14.6. The first-order valence-corrected chi connectivity index (χ1v) is 11.1. The zero-order chi connectivity index (χ0) is 19.0. The van der Waals surface area contributed by atoms with Gasteiger partial charge in [0.15, 0.2) is 15.0 Å². The van der Waals surface area contributed by atoms with Crippen molar-refractivity contribution in [3.05, 3.63) is 30.9 Å². The van der Waals surface area contributed by atoms with Gasteiger partial charge in [-0.1, -0.05) is 17.4 Å². The molecule has 0 aliphatic carbocycles. The number of para-hydroxylation sites is 1. The minimum Gasteiger partial charge on any atom is -0.345 e. The third-order valence-corrected chi connectivity index (χ3v) is 6.65. The van der Waals surface area contributed by atoms with Crippen LogP contribution in [-0.4, -0.2) is 71.4 Å². The van der Waals surface area contributed by atoms with Gasteiger partial charge in [0.2, 0.25) is 5.91 Å². The monoisotopic (exact) mass is 406 g/mol. The molecule has 1 saturated heterocycles. The van der Waals surface area contributed by atoms with Crippen molar-refractivity contribution in [1.29, 1.82) is 0 Å². The molecule has 1 aliphatic heterocycles. The van der Waals surface area contributed by atoms with Gasteiger partial charge in [0.1, 0.15) is 24.7 Å². The number of benzene rings is 1. The number of sulfone groups is 1. The van der Waals surface area contributed by atoms with Crippen LogP contribution >= 0.6 is 11.3 Å². The maximum absolute atomic E-state index is 12.3. The minimum atomic E-state index is -3.33. The molecule has 1 aliphatic rings. The van der Waals surface area contributed by atoms with Gasteiger partial charge in [-0.15, -0.1) is 0 Å². The van der Waals surface area contributed by atoms with E-state index in [0.717, 1.165) is 9.83 Å². The molecule has 0 radical (unpaired) electrons. The highest BCUT2D eigenvalue weighted by molar-refractivity contribution is 7.91. The summed E-state index contributed by atoms with van der Waals surface area (Å²) in [5.41, 5.74) is 0.518. The Hall–Kier alpha value is -2.53. The summed E-state index contributed by atoms with van der Waals surface area (Å²) in [4.78, 5) is 24.9. The Morgan fingerprint density at radius 1 is 1.22 bits per heavy atom. The van der Waals surface area contributed by atoms with Gasteiger partial charge in [-0.25, -0.2) is 23.1 Å². The van der Waals surface area contributed by atoms with Gasteiger partial charge >= 0.3 is 0 Å². The lowest BCUT2D eigenvalue weighted by Gasteiger charge is -2.34. The molecule has 1 amide bonds. The molecular formula is C16H18N6O3S2. The molecule has 0 unspecified atom stereocenters. The smallest absolute Gasteiger partial charge is 0.244 e. The van der Waals surface area contributed by atoms with E-state index < -0.39 is 9.84 Å². The Balaban J connectivity index is 1.47. The average molecular weight is 406 g/mol. The predicted molar refractivity (Wildman–Crippen MR) is 102 cm³/mol. The lowest BCUT2D eigenvalue weighted by atomic mass is 10.3. The van der Waals surface area contributed by atoms with Gasteiger partial charge in [0, 0.05) is 32.4 Å². The van der Waals surface area contributed by atoms with Crippen LogP contribution in [0, 0.1) is 0 Å². The van der Waals surface area contributed by atoms with E-state index in [1.807, 2.05) is 6.07 Å². The topological polar surface area (TPSA) is 101 Å². The van der Waals surface area contributed by atoms with E-state index in [1.165, 1.54) is 34.9 Å². The molecule has 1 fully saturated rings. The highest BCUT2D eigenvalue weighted by atomic mass is 32.2. The normalized spacial score (nSPS) is 15.4. The van der Waals surface area contributed by atoms with E-state index in [9.17, 15) is 13.2 Å². The number of amides is 1. The first-order valence-electron chi connectivity index (χ1n) is 8.36. The second-order valence-electron chi connectivity index (χ2n) is 6.33. The van der Waals surface area contributed by atoms with Crippen LogP contribution in [0.2, 0.25) is 0 Å². The molecule has 0 spiro atoms. The summed E-state index contributed by atoms with van der Waals surface area (Å²) in [5, 5.41) is 4.74. The van der Waals surface area contributed by atoms with Crippen LogP contribution in [0.3, 0.4) is 0 Å². The van der Waals surface area contributed by atoms with E-state index in [4.69, 9.17) is 0 Å². The van der Waals surface area contributed by atoms with E-state index >= 15 is 0 Å². The maximum Gasteiger partial charge on any atom is 0.244 e. The number of anilines is 1. The van der Waals surface area contributed by atoms with Crippen molar-refractivity contribution < 1.29 is 13.2 Å². The number of aromatic nitrogens is 4. The Morgan fingerprint density at radius 3 is 2.67 bits per heavy atom. The van der Waals surface area contributed by atoms with Gasteiger partial charge in [-0.3, -0.25) is 4.79 Å². The van der Waals surface area contributed by atoms with Crippen molar-refractivity contribution in [2.75, 3.05) is 37.3 Å². The first-order chi connectivity index (χ1) is 12.9. The molecule has 142 valence electrons. The van der Waals surface area contributed by atoms with E-state index in [1.54, 1.807) is 17.0 Å². The van der Waals surface area contributed by atoms with Crippen LogP contribution in [0.4, 0.5) is 5.13 Å². The summed E-state index contributed by atoms with van der Waals surface area (Å²) in [6, 6.07) is 5.20. The van der Waals surface area contributed by atoms with Crippen LogP contribution in [0.5, 0.6) is 0 Å². The highest BCUT2D eigenvalue weighted by Gasteiger charge is 2.24. The molecule has 4 rings (SSSR count). The van der Waals surface area contributed by atoms with Gasteiger partial charge in [0.05, 0.1) is 9.60 Å². The molecule has 0 N–H and O–H groups in total. The Bertz CT molecular complexity index is 1070. The first kappa shape index (κ1) is 17.9. The summed E-state index contributed by atoms with van der Waals surface area (Å²) in [6.07, 6.45) is 4.12. The lowest BCUT2D eigenvalue weighted by molar-refractivity contribution is -0.132. The summed E-state index contributed by atoms with van der Waals surface area (Å²) < 4.78 is 26.3. The third kappa shape index (κ3) is 3.65. The quantitative estimate of drug-likeness (QED) is 0.627. The number of fused-ring (bicyclic) bond motifs is 1. The molecule has 3 aromatic rings. The zero-order valence-corrected chi connectivity index (χ0v) is 16.3. The predicted octanol–water partition coefficient (Wildman–Crippen LogP) is 0.640. The maximum atomic E-state index is 12.3. The van der Waals surface area contributed by atoms with Crippen molar-refractivity contribution in [3.63, 3.8) is 0 Å². The van der Waals surface area contributed by atoms with Crippen molar-refractivity contribution in [2.45, 2.75) is 11.4 Å². The molecule has 27 heavy (non-hydrogen) atoms. The number of carbonyl (C=O) groups is 1. The largest absolute Gasteiger partial charge is 0.345 e. The van der Waals surface area contributed by atoms with Crippen molar-refractivity contribution in [3.8, 4) is 0 Å². The van der Waals surface area contributed by atoms with Crippen molar-refractivity contribution in [2.24, 2.45) is 0 Å². The van der Waals surface area contributed by atoms with Gasteiger partial charge in [-0.2, -0.15) is 5.10 Å². The lowest BCUT2D eigenvalue weighted by Crippen LogP contribution is -2.49. The summed E-state index contributed by atoms with van der Waals surface area (Å²) in [5.74, 6) is 0.00353. The molecule has 0 bridgehead atoms. The van der Waals surface area contributed by atoms with Crippen LogP contribution in [0.15, 0.2) is 35.7 Å². The number of hydrogen-bond donors (Lipinski definition) is 0. The SMILES string of the molecule is CS(=O)(=O)c1cccc2sc(N3CCN(C(=O)Cn4cncn4)CC3)nc12. The molecule has 2 aromatic heterocycles. The molecule has 3 heterocycles. The standard InChI is InChI=1S/C16H18N6O3S2/c1-27(24,25)13-4-2-3-12-15(13)19-16(26-12)21-7-5-20(6-8-21)14(23)9-22-11-17-10-18-22/h2-4,10-11H,5-9H2,1H3. The molecule has 1 aromatic carbocycles. The number of rotatable bonds is 4. The van der Waals surface area contributed by atoms with Crippen LogP contribution in [0.1, 0.15) is 0 Å². The van der Waals surface area contributed by atoms with E-state index in [0.29, 0.717) is 31.7 Å². The van der Waals surface area contributed by atoms with E-state index in [-0.39, 0.29) is 17.3 Å². The number of nitrogens with zero attached hydrogens (tertiary/aromatic N) is 6. The van der Waals surface area contributed by atoms with Crippen molar-refractivity contribution in [1.82, 2.24) is 24.6 Å². The van der Waals surface area contributed by atoms with Crippen LogP contribution < -0.4 is 4.90 Å². The van der Waals surface area contributed by atoms with Gasteiger partial charge < -0.3 is 9.80 Å². The summed E-state index contributed by atoms with van der Waals surface area (Å²) >= 11 is 1.47. The van der Waals surface area contributed by atoms with Crippen molar-refractivity contribution >= 4 is 42.4 Å². The molecular weight excluding hydrogens is 388 g/mol. The fourth-order valence-corrected chi connectivity index (χ4v) is 4.99.